The van der Waals surface area contributed by atoms with Crippen molar-refractivity contribution in [1.29, 1.82) is 0 Å². The quantitative estimate of drug-likeness (QED) is 0.456. The number of amidine groups is 1. The van der Waals surface area contributed by atoms with Crippen molar-refractivity contribution >= 4 is 41.6 Å². The van der Waals surface area contributed by atoms with Crippen LogP contribution in [0.2, 0.25) is 5.02 Å². The molecule has 0 unspecified atom stereocenters. The number of benzene rings is 1. The van der Waals surface area contributed by atoms with Crippen molar-refractivity contribution in [3.8, 4) is 0 Å². The van der Waals surface area contributed by atoms with Crippen LogP contribution in [-0.2, 0) is 4.74 Å². The monoisotopic (exact) mass is 400 g/mol. The smallest absolute Gasteiger partial charge is 0.347 e. The number of hydrogen-bond donors (Lipinski definition) is 1. The Morgan fingerprint density at radius 1 is 1.35 bits per heavy atom. The van der Waals surface area contributed by atoms with Crippen LogP contribution in [0.3, 0.4) is 0 Å². The molecule has 0 spiro atoms. The fourth-order valence-electron chi connectivity index (χ4n) is 1.76. The van der Waals surface area contributed by atoms with Crippen LogP contribution in [0.5, 0.6) is 0 Å². The van der Waals surface area contributed by atoms with Crippen molar-refractivity contribution in [1.82, 2.24) is 14.5 Å². The number of carbonyl (C=O) groups is 2. The van der Waals surface area contributed by atoms with Crippen LogP contribution in [0.15, 0.2) is 34.2 Å². The molecule has 0 atom stereocenters. The predicted octanol–water partition coefficient (Wildman–Crippen LogP) is 4.23. The summed E-state index contributed by atoms with van der Waals surface area (Å²) in [5, 5.41) is 0.579. The summed E-state index contributed by atoms with van der Waals surface area (Å²) < 4.78 is 8.29. The number of carbonyl (C=O) groups excluding carboxylic acids is 2. The molecule has 0 saturated heterocycles. The Balaban J connectivity index is 2.96. The first-order chi connectivity index (χ1) is 12.3. The lowest BCUT2D eigenvalue weighted by atomic mass is 10.3. The number of rotatable bonds is 5. The van der Waals surface area contributed by atoms with E-state index < -0.39 is 12.1 Å². The second-order valence-electron chi connectivity index (χ2n) is 5.85. The Morgan fingerprint density at radius 3 is 2.58 bits per heavy atom. The van der Waals surface area contributed by atoms with E-state index in [9.17, 15) is 9.59 Å². The fourth-order valence-corrected chi connectivity index (χ4v) is 2.65. The van der Waals surface area contributed by atoms with Crippen LogP contribution in [0.25, 0.3) is 0 Å². The van der Waals surface area contributed by atoms with Crippen LogP contribution in [0, 0.1) is 0 Å². The molecule has 0 fully saturated rings. The summed E-state index contributed by atoms with van der Waals surface area (Å²) in [6.07, 6.45) is 0.722. The second-order valence-corrected chi connectivity index (χ2v) is 7.17. The van der Waals surface area contributed by atoms with Gasteiger partial charge in [0.1, 0.15) is 0 Å². The first-order valence-electron chi connectivity index (χ1n) is 8.20. The molecule has 1 aromatic carbocycles. The van der Waals surface area contributed by atoms with Gasteiger partial charge in [-0.15, -0.1) is 4.99 Å². The summed E-state index contributed by atoms with van der Waals surface area (Å²) in [5.74, 6) is 0. The Morgan fingerprint density at radius 2 is 2.04 bits per heavy atom. The molecule has 4 amide bonds. The average Bonchev–Trinajstić information content (AvgIpc) is 2.57. The van der Waals surface area contributed by atoms with Gasteiger partial charge in [-0.05, 0) is 50.4 Å². The highest BCUT2D eigenvalue weighted by atomic mass is 35.5. The standard InChI is InChI=1S/C17H25ClN4O3S/c1-6-10-25-17(19-15(23)21(4)5)22(12(2)3)16(24)20-26-14-9-7-8-13(18)11-14/h7-9,11-12H,6,10H2,1-5H3,(H,20,24). The number of urea groups is 2. The highest BCUT2D eigenvalue weighted by Gasteiger charge is 2.26. The molecule has 0 saturated carbocycles. The van der Waals surface area contributed by atoms with Gasteiger partial charge in [-0.3, -0.25) is 4.72 Å². The van der Waals surface area contributed by atoms with Gasteiger partial charge in [0, 0.05) is 30.1 Å². The van der Waals surface area contributed by atoms with Gasteiger partial charge < -0.3 is 9.64 Å². The second kappa shape index (κ2) is 10.9. The minimum absolute atomic E-state index is 0.0234. The number of halogens is 1. The molecule has 0 heterocycles. The highest BCUT2D eigenvalue weighted by molar-refractivity contribution is 7.98. The summed E-state index contributed by atoms with van der Waals surface area (Å²) in [5.41, 5.74) is 0. The van der Waals surface area contributed by atoms with Gasteiger partial charge in [0.2, 0.25) is 0 Å². The van der Waals surface area contributed by atoms with Crippen LogP contribution in [0.1, 0.15) is 27.2 Å². The normalized spacial score (nSPS) is 11.3. The Hall–Kier alpha value is -1.93. The van der Waals surface area contributed by atoms with Gasteiger partial charge in [-0.2, -0.15) is 0 Å². The van der Waals surface area contributed by atoms with E-state index >= 15 is 0 Å². The van der Waals surface area contributed by atoms with Gasteiger partial charge in [0.15, 0.2) is 0 Å². The van der Waals surface area contributed by atoms with E-state index in [1.54, 1.807) is 32.3 Å². The number of nitrogens with one attached hydrogen (secondary N) is 1. The molecular formula is C17H25ClN4O3S. The maximum Gasteiger partial charge on any atom is 0.347 e. The maximum atomic E-state index is 12.7. The lowest BCUT2D eigenvalue weighted by Gasteiger charge is -2.27. The van der Waals surface area contributed by atoms with E-state index in [1.165, 1.54) is 9.80 Å². The zero-order valence-corrected chi connectivity index (χ0v) is 17.2. The highest BCUT2D eigenvalue weighted by Crippen LogP contribution is 2.19. The van der Waals surface area contributed by atoms with Gasteiger partial charge in [0.25, 0.3) is 0 Å². The zero-order valence-electron chi connectivity index (χ0n) is 15.7. The molecule has 1 aromatic rings. The Kier molecular flexibility index (Phi) is 9.29. The zero-order chi connectivity index (χ0) is 19.7. The molecule has 1 rings (SSSR count). The minimum Gasteiger partial charge on any atom is -0.464 e. The summed E-state index contributed by atoms with van der Waals surface area (Å²) >= 11 is 7.07. The molecule has 9 heteroatoms. The van der Waals surface area contributed by atoms with E-state index in [0.29, 0.717) is 11.6 Å². The molecule has 1 N–H and O–H groups in total. The number of aliphatic imine (C=N–C) groups is 1. The number of amides is 4. The molecule has 0 aliphatic rings. The molecule has 26 heavy (non-hydrogen) atoms. The van der Waals surface area contributed by atoms with E-state index in [1.807, 2.05) is 26.8 Å². The van der Waals surface area contributed by atoms with Crippen molar-refractivity contribution in [2.24, 2.45) is 4.99 Å². The summed E-state index contributed by atoms with van der Waals surface area (Å²) in [4.78, 5) is 32.0. The Bertz CT molecular complexity index is 653. The van der Waals surface area contributed by atoms with Crippen LogP contribution >= 0.6 is 23.5 Å². The third-order valence-corrected chi connectivity index (χ3v) is 4.00. The van der Waals surface area contributed by atoms with Crippen molar-refractivity contribution in [3.05, 3.63) is 29.3 Å². The summed E-state index contributed by atoms with van der Waals surface area (Å²) in [6, 6.07) is 5.89. The Labute approximate surface area is 163 Å². The molecule has 0 aliphatic heterocycles. The van der Waals surface area contributed by atoms with Gasteiger partial charge in [-0.25, -0.2) is 14.5 Å². The van der Waals surface area contributed by atoms with Gasteiger partial charge in [-0.1, -0.05) is 24.6 Å². The topological polar surface area (TPSA) is 74.2 Å². The van der Waals surface area contributed by atoms with Gasteiger partial charge in [0.05, 0.1) is 6.61 Å². The molecule has 0 aromatic heterocycles. The van der Waals surface area contributed by atoms with E-state index in [0.717, 1.165) is 23.3 Å². The SMILES string of the molecule is CCCOC(=NC(=O)N(C)C)N(C(=O)NSc1cccc(Cl)c1)C(C)C. The van der Waals surface area contributed by atoms with E-state index in [4.69, 9.17) is 16.3 Å². The molecule has 7 nitrogen and oxygen atoms in total. The summed E-state index contributed by atoms with van der Waals surface area (Å²) in [7, 11) is 3.16. The largest absolute Gasteiger partial charge is 0.464 e. The van der Waals surface area contributed by atoms with Gasteiger partial charge >= 0.3 is 18.1 Å². The number of hydrogen-bond acceptors (Lipinski definition) is 4. The maximum absolute atomic E-state index is 12.7. The van der Waals surface area contributed by atoms with Crippen LogP contribution in [0.4, 0.5) is 9.59 Å². The minimum atomic E-state index is -0.503. The first kappa shape index (κ1) is 22.1. The summed E-state index contributed by atoms with van der Waals surface area (Å²) in [6.45, 7) is 5.90. The predicted molar refractivity (Wildman–Crippen MR) is 106 cm³/mol. The van der Waals surface area contributed by atoms with Crippen LogP contribution in [-0.4, -0.2) is 54.6 Å². The lowest BCUT2D eigenvalue weighted by Crippen LogP contribution is -2.47. The first-order valence-corrected chi connectivity index (χ1v) is 9.40. The molecule has 0 radical (unpaired) electrons. The fraction of sp³-hybridized carbons (Fsp3) is 0.471. The van der Waals surface area contributed by atoms with Crippen molar-refractivity contribution in [3.63, 3.8) is 0 Å². The lowest BCUT2D eigenvalue weighted by molar-refractivity contribution is 0.189. The average molecular weight is 401 g/mol. The van der Waals surface area contributed by atoms with E-state index in [-0.39, 0.29) is 12.1 Å². The third kappa shape index (κ3) is 7.13. The number of ether oxygens (including phenoxy) is 1. The molecule has 0 aliphatic carbocycles. The molecule has 144 valence electrons. The van der Waals surface area contributed by atoms with Crippen molar-refractivity contribution in [2.45, 2.75) is 38.1 Å². The number of nitrogens with zero attached hydrogens (tertiary/aromatic N) is 3. The van der Waals surface area contributed by atoms with Crippen molar-refractivity contribution in [2.75, 3.05) is 20.7 Å². The van der Waals surface area contributed by atoms with Crippen molar-refractivity contribution < 1.29 is 14.3 Å². The van der Waals surface area contributed by atoms with E-state index in [2.05, 4.69) is 9.71 Å². The third-order valence-electron chi connectivity index (χ3n) is 3.00. The molecular weight excluding hydrogens is 376 g/mol. The molecule has 0 bridgehead atoms. The van der Waals surface area contributed by atoms with Crippen LogP contribution < -0.4 is 4.72 Å².